The van der Waals surface area contributed by atoms with Crippen molar-refractivity contribution in [2.45, 2.75) is 32.4 Å². The summed E-state index contributed by atoms with van der Waals surface area (Å²) in [7, 11) is 3.81. The Morgan fingerprint density at radius 2 is 1.86 bits per heavy atom. The first-order valence-electron chi connectivity index (χ1n) is 8.00. The molecule has 1 aromatic rings. The fraction of sp³-hybridized carbons (Fsp3) is 0.647. The molecule has 1 aliphatic heterocycles. The van der Waals surface area contributed by atoms with Crippen molar-refractivity contribution in [2.24, 2.45) is 0 Å². The average Bonchev–Trinajstić information content (AvgIpc) is 2.56. The van der Waals surface area contributed by atoms with Gasteiger partial charge >= 0.3 is 0 Å². The van der Waals surface area contributed by atoms with Crippen molar-refractivity contribution in [1.82, 2.24) is 10.2 Å². The summed E-state index contributed by atoms with van der Waals surface area (Å²) in [4.78, 5) is 5.03. The number of anilines is 1. The molecule has 1 fully saturated rings. The number of nitrogens with zero attached hydrogens (tertiary/aromatic N) is 2. The molecule has 0 saturated carbocycles. The van der Waals surface area contributed by atoms with Gasteiger partial charge in [0.2, 0.25) is 0 Å². The minimum Gasteiger partial charge on any atom is -0.495 e. The van der Waals surface area contributed by atoms with Gasteiger partial charge in [-0.3, -0.25) is 4.90 Å². The summed E-state index contributed by atoms with van der Waals surface area (Å²) in [5.74, 6) is 0.973. The van der Waals surface area contributed by atoms with Gasteiger partial charge < -0.3 is 15.0 Å². The van der Waals surface area contributed by atoms with Gasteiger partial charge in [-0.1, -0.05) is 19.1 Å². The van der Waals surface area contributed by atoms with Gasteiger partial charge in [-0.05, 0) is 32.5 Å². The fourth-order valence-corrected chi connectivity index (χ4v) is 3.30. The molecule has 0 radical (unpaired) electrons. The first kappa shape index (κ1) is 16.1. The molecule has 1 aromatic carbocycles. The number of benzene rings is 1. The maximum Gasteiger partial charge on any atom is 0.142 e. The molecule has 1 N–H and O–H groups in total. The van der Waals surface area contributed by atoms with Crippen LogP contribution in [0, 0.1) is 0 Å². The molecule has 2 rings (SSSR count). The number of para-hydroxylation sites is 2. The van der Waals surface area contributed by atoms with Gasteiger partial charge in [0, 0.05) is 38.3 Å². The van der Waals surface area contributed by atoms with Crippen LogP contribution in [0.1, 0.15) is 20.3 Å². The van der Waals surface area contributed by atoms with E-state index in [1.54, 1.807) is 7.11 Å². The summed E-state index contributed by atoms with van der Waals surface area (Å²) < 4.78 is 5.48. The molecule has 1 aliphatic rings. The summed E-state index contributed by atoms with van der Waals surface area (Å²) in [6, 6.07) is 9.46. The first-order valence-corrected chi connectivity index (χ1v) is 8.00. The van der Waals surface area contributed by atoms with E-state index >= 15 is 0 Å². The lowest BCUT2D eigenvalue weighted by Crippen LogP contribution is -2.55. The molecule has 0 amide bonds. The number of rotatable bonds is 6. The summed E-state index contributed by atoms with van der Waals surface area (Å²) in [5.41, 5.74) is 1.22. The van der Waals surface area contributed by atoms with Crippen LogP contribution in [0.15, 0.2) is 24.3 Å². The molecule has 2 unspecified atom stereocenters. The topological polar surface area (TPSA) is 27.7 Å². The van der Waals surface area contributed by atoms with E-state index in [1.165, 1.54) is 12.1 Å². The van der Waals surface area contributed by atoms with Crippen LogP contribution in [0.3, 0.4) is 0 Å². The predicted molar refractivity (Wildman–Crippen MR) is 89.4 cm³/mol. The Kier molecular flexibility index (Phi) is 5.88. The van der Waals surface area contributed by atoms with E-state index in [-0.39, 0.29) is 0 Å². The van der Waals surface area contributed by atoms with Gasteiger partial charge in [0.25, 0.3) is 0 Å². The maximum absolute atomic E-state index is 5.48. The van der Waals surface area contributed by atoms with Crippen molar-refractivity contribution in [3.63, 3.8) is 0 Å². The molecule has 0 bridgehead atoms. The number of methoxy groups -OCH3 is 1. The third-order valence-corrected chi connectivity index (χ3v) is 4.71. The Morgan fingerprint density at radius 3 is 2.43 bits per heavy atom. The second kappa shape index (κ2) is 7.66. The summed E-state index contributed by atoms with van der Waals surface area (Å²) in [6.07, 6.45) is 1.17. The Hall–Kier alpha value is -1.26. The highest BCUT2D eigenvalue weighted by Crippen LogP contribution is 2.28. The van der Waals surface area contributed by atoms with E-state index in [0.717, 1.165) is 31.9 Å². The second-order valence-corrected chi connectivity index (χ2v) is 5.74. The predicted octanol–water partition coefficient (Wildman–Crippen LogP) is 2.20. The molecule has 1 heterocycles. The van der Waals surface area contributed by atoms with Crippen molar-refractivity contribution in [3.8, 4) is 5.75 Å². The van der Waals surface area contributed by atoms with Gasteiger partial charge in [-0.2, -0.15) is 0 Å². The van der Waals surface area contributed by atoms with Crippen LogP contribution in [0.2, 0.25) is 0 Å². The van der Waals surface area contributed by atoms with Crippen LogP contribution in [-0.4, -0.2) is 57.3 Å². The van der Waals surface area contributed by atoms with Crippen molar-refractivity contribution in [1.29, 1.82) is 0 Å². The lowest BCUT2D eigenvalue weighted by atomic mass is 10.0. The number of piperazine rings is 1. The third-order valence-electron chi connectivity index (χ3n) is 4.71. The van der Waals surface area contributed by atoms with Crippen LogP contribution in [0.4, 0.5) is 5.69 Å². The standard InChI is InChI=1S/C17H29N3O/c1-5-15(18-3)14(2)19-10-12-20(13-11-19)16-8-6-7-9-17(16)21-4/h6-9,14-15,18H,5,10-13H2,1-4H3. The van der Waals surface area contributed by atoms with Crippen LogP contribution >= 0.6 is 0 Å². The second-order valence-electron chi connectivity index (χ2n) is 5.74. The van der Waals surface area contributed by atoms with E-state index in [9.17, 15) is 0 Å². The Labute approximate surface area is 129 Å². The third kappa shape index (κ3) is 3.69. The Bertz CT molecular complexity index is 426. The molecule has 0 spiro atoms. The van der Waals surface area contributed by atoms with E-state index < -0.39 is 0 Å². The van der Waals surface area contributed by atoms with Gasteiger partial charge in [0.15, 0.2) is 0 Å². The van der Waals surface area contributed by atoms with Gasteiger partial charge in [0.05, 0.1) is 12.8 Å². The van der Waals surface area contributed by atoms with Crippen LogP contribution in [0.25, 0.3) is 0 Å². The first-order chi connectivity index (χ1) is 10.2. The number of hydrogen-bond donors (Lipinski definition) is 1. The lowest BCUT2D eigenvalue weighted by molar-refractivity contribution is 0.160. The van der Waals surface area contributed by atoms with Crippen molar-refractivity contribution in [3.05, 3.63) is 24.3 Å². The molecule has 2 atom stereocenters. The highest BCUT2D eigenvalue weighted by molar-refractivity contribution is 5.58. The number of nitrogens with one attached hydrogen (secondary N) is 1. The van der Waals surface area contributed by atoms with E-state index in [0.29, 0.717) is 12.1 Å². The lowest BCUT2D eigenvalue weighted by Gasteiger charge is -2.41. The molecule has 118 valence electrons. The molecule has 0 aromatic heterocycles. The molecule has 4 nitrogen and oxygen atoms in total. The highest BCUT2D eigenvalue weighted by atomic mass is 16.5. The van der Waals surface area contributed by atoms with Gasteiger partial charge in [-0.15, -0.1) is 0 Å². The Balaban J connectivity index is 1.97. The monoisotopic (exact) mass is 291 g/mol. The van der Waals surface area contributed by atoms with Crippen LogP contribution in [-0.2, 0) is 0 Å². The summed E-state index contributed by atoms with van der Waals surface area (Å²) >= 11 is 0. The van der Waals surface area contributed by atoms with Crippen LogP contribution in [0.5, 0.6) is 5.75 Å². The minimum atomic E-state index is 0.572. The number of likely N-dealkylation sites (N-methyl/N-ethyl adjacent to an activating group) is 1. The van der Waals surface area contributed by atoms with Gasteiger partial charge in [0.1, 0.15) is 5.75 Å². The zero-order valence-corrected chi connectivity index (χ0v) is 13.8. The normalized spacial score (nSPS) is 19.3. The minimum absolute atomic E-state index is 0.572. The van der Waals surface area contributed by atoms with Crippen molar-refractivity contribution < 1.29 is 4.74 Å². The number of hydrogen-bond acceptors (Lipinski definition) is 4. The molecule has 4 heteroatoms. The largest absolute Gasteiger partial charge is 0.495 e. The Morgan fingerprint density at radius 1 is 1.19 bits per heavy atom. The zero-order valence-electron chi connectivity index (χ0n) is 13.8. The quantitative estimate of drug-likeness (QED) is 0.869. The SMILES string of the molecule is CCC(NC)C(C)N1CCN(c2ccccc2OC)CC1. The van der Waals surface area contributed by atoms with Crippen molar-refractivity contribution in [2.75, 3.05) is 45.2 Å². The molecular weight excluding hydrogens is 262 g/mol. The summed E-state index contributed by atoms with van der Waals surface area (Å²) in [5, 5.41) is 3.43. The van der Waals surface area contributed by atoms with Gasteiger partial charge in [-0.25, -0.2) is 0 Å². The zero-order chi connectivity index (χ0) is 15.2. The number of ether oxygens (including phenoxy) is 1. The van der Waals surface area contributed by atoms with Crippen molar-refractivity contribution >= 4 is 5.69 Å². The summed E-state index contributed by atoms with van der Waals surface area (Å²) in [6.45, 7) is 8.93. The smallest absolute Gasteiger partial charge is 0.142 e. The highest BCUT2D eigenvalue weighted by Gasteiger charge is 2.26. The van der Waals surface area contributed by atoms with E-state index in [2.05, 4.69) is 48.1 Å². The average molecular weight is 291 g/mol. The van der Waals surface area contributed by atoms with E-state index in [4.69, 9.17) is 4.74 Å². The molecule has 1 saturated heterocycles. The fourth-order valence-electron chi connectivity index (χ4n) is 3.30. The molecule has 0 aliphatic carbocycles. The maximum atomic E-state index is 5.48. The van der Waals surface area contributed by atoms with E-state index in [1.807, 2.05) is 12.1 Å². The molecule has 21 heavy (non-hydrogen) atoms. The molecular formula is C17H29N3O. The van der Waals surface area contributed by atoms with Crippen LogP contribution < -0.4 is 15.0 Å².